The van der Waals surface area contributed by atoms with Crippen LogP contribution < -0.4 is 22.5 Å². The third-order valence-corrected chi connectivity index (χ3v) is 7.38. The van der Waals surface area contributed by atoms with Gasteiger partial charge in [-0.05, 0) is 88.0 Å². The molecule has 0 saturated carbocycles. The molecule has 0 spiro atoms. The highest BCUT2D eigenvalue weighted by atomic mass is 35.5. The van der Waals surface area contributed by atoms with Crippen molar-refractivity contribution in [1.29, 1.82) is 0 Å². The number of nitrogens with one attached hydrogen (secondary N) is 2. The lowest BCUT2D eigenvalue weighted by molar-refractivity contribution is 0.466. The molecule has 4 rings (SSSR count). The fraction of sp³-hybridized carbons (Fsp3) is 0.364. The van der Waals surface area contributed by atoms with Gasteiger partial charge in [0.15, 0.2) is 5.82 Å². The Morgan fingerprint density at radius 2 is 1.95 bits per heavy atom. The number of nitrogens with zero attached hydrogens (tertiary/aromatic N) is 3. The lowest BCUT2D eigenvalue weighted by Crippen LogP contribution is -2.25. The van der Waals surface area contributed by atoms with E-state index < -0.39 is 17.3 Å². The van der Waals surface area contributed by atoms with Crippen molar-refractivity contribution in [3.8, 4) is 16.9 Å². The Balaban J connectivity index is 0.00000259. The summed E-state index contributed by atoms with van der Waals surface area (Å²) in [5.74, 6) is -0.435. The van der Waals surface area contributed by atoms with Crippen LogP contribution in [-0.4, -0.2) is 40.0 Å². The zero-order chi connectivity index (χ0) is 32.2. The van der Waals surface area contributed by atoms with Crippen molar-refractivity contribution < 1.29 is 8.78 Å². The van der Waals surface area contributed by atoms with Gasteiger partial charge in [0.05, 0.1) is 22.2 Å². The number of fused-ring (bicyclic) bond motifs is 1. The molecule has 0 aliphatic heterocycles. The average Bonchev–Trinajstić information content (AvgIpc) is 3.41. The number of aromatic nitrogens is 3. The minimum absolute atomic E-state index is 0.0204. The fourth-order valence-corrected chi connectivity index (χ4v) is 5.24. The SMILES string of the molecule is C=C.CCCC(NCCCN=C(C)N)c1ccc(-n2cc3cc(-c4cc(CCCCN)cc(Cl)c4F)[nH]c3nc2=O)cc1F. The molecule has 1 unspecified atom stereocenters. The van der Waals surface area contributed by atoms with E-state index in [-0.39, 0.29) is 16.6 Å². The van der Waals surface area contributed by atoms with E-state index in [1.54, 1.807) is 43.5 Å². The van der Waals surface area contributed by atoms with Crippen molar-refractivity contribution in [3.05, 3.63) is 94.0 Å². The highest BCUT2D eigenvalue weighted by Crippen LogP contribution is 2.31. The Labute approximate surface area is 262 Å². The van der Waals surface area contributed by atoms with Crippen LogP contribution in [0.3, 0.4) is 0 Å². The topological polar surface area (TPSA) is 127 Å². The highest BCUT2D eigenvalue weighted by molar-refractivity contribution is 6.31. The maximum absolute atomic E-state index is 15.4. The molecule has 2 aromatic heterocycles. The molecule has 0 aliphatic carbocycles. The van der Waals surface area contributed by atoms with Gasteiger partial charge in [-0.15, -0.1) is 13.2 Å². The highest BCUT2D eigenvalue weighted by Gasteiger charge is 2.18. The molecule has 11 heteroatoms. The number of aryl methyl sites for hydroxylation is 1. The van der Waals surface area contributed by atoms with Crippen LogP contribution in [0.25, 0.3) is 28.0 Å². The minimum atomic E-state index is -0.587. The molecule has 1 atom stereocenters. The maximum Gasteiger partial charge on any atom is 0.354 e. The van der Waals surface area contributed by atoms with Gasteiger partial charge in [0, 0.05) is 35.3 Å². The Hall–Kier alpha value is -3.86. The molecule has 0 fully saturated rings. The van der Waals surface area contributed by atoms with Gasteiger partial charge >= 0.3 is 5.69 Å². The molecule has 8 nitrogen and oxygen atoms in total. The number of amidine groups is 1. The van der Waals surface area contributed by atoms with E-state index >= 15 is 8.78 Å². The second-order valence-electron chi connectivity index (χ2n) is 10.4. The molecule has 2 aromatic carbocycles. The Bertz CT molecular complexity index is 1630. The van der Waals surface area contributed by atoms with Crippen molar-refractivity contribution in [2.45, 2.75) is 58.4 Å². The van der Waals surface area contributed by atoms with E-state index in [4.69, 9.17) is 23.1 Å². The van der Waals surface area contributed by atoms with Gasteiger partial charge in [-0.2, -0.15) is 4.98 Å². The summed E-state index contributed by atoms with van der Waals surface area (Å²) in [5, 5.41) is 4.00. The summed E-state index contributed by atoms with van der Waals surface area (Å²) in [6.07, 6.45) is 6.41. The first-order valence-electron chi connectivity index (χ1n) is 14.8. The van der Waals surface area contributed by atoms with Crippen LogP contribution in [0.4, 0.5) is 8.78 Å². The number of unbranched alkanes of at least 4 members (excludes halogenated alkanes) is 1. The van der Waals surface area contributed by atoms with Crippen molar-refractivity contribution >= 4 is 28.5 Å². The van der Waals surface area contributed by atoms with E-state index in [0.717, 1.165) is 37.7 Å². The third-order valence-electron chi connectivity index (χ3n) is 7.11. The lowest BCUT2D eigenvalue weighted by atomic mass is 10.0. The zero-order valence-electron chi connectivity index (χ0n) is 25.4. The monoisotopic (exact) mass is 625 g/mol. The zero-order valence-corrected chi connectivity index (χ0v) is 26.2. The van der Waals surface area contributed by atoms with Crippen LogP contribution in [-0.2, 0) is 6.42 Å². The van der Waals surface area contributed by atoms with Gasteiger partial charge in [-0.25, -0.2) is 13.6 Å². The van der Waals surface area contributed by atoms with Crippen molar-refractivity contribution in [2.75, 3.05) is 19.6 Å². The number of hydrogen-bond acceptors (Lipinski definition) is 5. The van der Waals surface area contributed by atoms with Crippen LogP contribution in [0.15, 0.2) is 65.5 Å². The maximum atomic E-state index is 15.4. The number of hydrogen-bond donors (Lipinski definition) is 4. The molecule has 44 heavy (non-hydrogen) atoms. The Kier molecular flexibility index (Phi) is 13.3. The van der Waals surface area contributed by atoms with Gasteiger partial charge in [0.1, 0.15) is 11.5 Å². The molecule has 2 heterocycles. The standard InChI is InChI=1S/C31H38ClF2N7O.C2H4/c1-3-7-27(38-13-6-12-37-19(2)36)23-10-9-22(17-26(23)33)41-18-21-16-28(39-30(21)40-31(41)42)24-14-20(8-4-5-11-35)15-25(32)29(24)34;1-2/h9-10,14-18,27,38H,3-8,11-13,35H2,1-2H3,(H2,36,37)(H,39,40,42);1-2H2. The number of rotatable bonds is 14. The smallest absolute Gasteiger partial charge is 0.354 e. The second kappa shape index (κ2) is 16.8. The van der Waals surface area contributed by atoms with Crippen LogP contribution in [0.1, 0.15) is 63.1 Å². The number of nitrogens with two attached hydrogens (primary N) is 2. The molecule has 0 bridgehead atoms. The van der Waals surface area contributed by atoms with E-state index in [1.165, 1.54) is 10.6 Å². The lowest BCUT2D eigenvalue weighted by Gasteiger charge is -2.20. The normalized spacial score (nSPS) is 12.3. The van der Waals surface area contributed by atoms with Gasteiger partial charge in [0.2, 0.25) is 0 Å². The molecule has 236 valence electrons. The van der Waals surface area contributed by atoms with Crippen molar-refractivity contribution in [2.24, 2.45) is 16.5 Å². The molecule has 4 aromatic rings. The van der Waals surface area contributed by atoms with Crippen LogP contribution in [0.2, 0.25) is 5.02 Å². The van der Waals surface area contributed by atoms with Gasteiger partial charge in [0.25, 0.3) is 0 Å². The second-order valence-corrected chi connectivity index (χ2v) is 10.9. The third kappa shape index (κ3) is 8.84. The summed E-state index contributed by atoms with van der Waals surface area (Å²) in [4.78, 5) is 24.3. The summed E-state index contributed by atoms with van der Waals surface area (Å²) in [5.41, 5.74) is 13.4. The minimum Gasteiger partial charge on any atom is -0.388 e. The Morgan fingerprint density at radius 3 is 2.64 bits per heavy atom. The number of halogens is 3. The molecular formula is C33H42ClF2N7O. The number of H-pyrrole nitrogens is 1. The van der Waals surface area contributed by atoms with Gasteiger partial charge < -0.3 is 21.8 Å². The molecule has 0 aliphatic rings. The van der Waals surface area contributed by atoms with E-state index in [0.29, 0.717) is 59.9 Å². The Morgan fingerprint density at radius 1 is 1.18 bits per heavy atom. The van der Waals surface area contributed by atoms with Crippen molar-refractivity contribution in [3.63, 3.8) is 0 Å². The average molecular weight is 626 g/mol. The number of aromatic amines is 1. The van der Waals surface area contributed by atoms with Crippen LogP contribution in [0, 0.1) is 11.6 Å². The molecule has 0 saturated heterocycles. The first-order valence-corrected chi connectivity index (χ1v) is 15.2. The predicted molar refractivity (Wildman–Crippen MR) is 178 cm³/mol. The number of benzene rings is 2. The quantitative estimate of drug-likeness (QED) is 0.0544. The summed E-state index contributed by atoms with van der Waals surface area (Å²) in [7, 11) is 0. The molecule has 0 amide bonds. The number of aliphatic imine (C=N–C) groups is 1. The van der Waals surface area contributed by atoms with E-state index in [9.17, 15) is 4.79 Å². The summed E-state index contributed by atoms with van der Waals surface area (Å²) in [6, 6.07) is 9.65. The van der Waals surface area contributed by atoms with E-state index in [2.05, 4.69) is 33.4 Å². The first-order chi connectivity index (χ1) is 21.2. The molecule has 6 N–H and O–H groups in total. The van der Waals surface area contributed by atoms with Crippen LogP contribution >= 0.6 is 11.6 Å². The van der Waals surface area contributed by atoms with Crippen LogP contribution in [0.5, 0.6) is 0 Å². The molecule has 0 radical (unpaired) electrons. The van der Waals surface area contributed by atoms with Gasteiger partial charge in [-0.3, -0.25) is 9.56 Å². The molecular weight excluding hydrogens is 584 g/mol. The summed E-state index contributed by atoms with van der Waals surface area (Å²) < 4.78 is 31.7. The van der Waals surface area contributed by atoms with Crippen molar-refractivity contribution in [1.82, 2.24) is 19.9 Å². The summed E-state index contributed by atoms with van der Waals surface area (Å²) >= 11 is 6.20. The fourth-order valence-electron chi connectivity index (χ4n) is 5.00. The van der Waals surface area contributed by atoms with Gasteiger partial charge in [-0.1, -0.05) is 31.0 Å². The summed E-state index contributed by atoms with van der Waals surface area (Å²) in [6.45, 7) is 11.7. The first kappa shape index (κ1) is 34.6. The predicted octanol–water partition coefficient (Wildman–Crippen LogP) is 6.59. The largest absolute Gasteiger partial charge is 0.388 e. The van der Waals surface area contributed by atoms with E-state index in [1.807, 2.05) is 6.92 Å².